The fourth-order valence-electron chi connectivity index (χ4n) is 2.61. The summed E-state index contributed by atoms with van der Waals surface area (Å²) in [6.45, 7) is 4.17. The summed E-state index contributed by atoms with van der Waals surface area (Å²) < 4.78 is 0. The molecule has 3 rings (SSSR count). The van der Waals surface area contributed by atoms with E-state index in [1.807, 2.05) is 19.1 Å². The minimum Gasteiger partial charge on any atom is -0.253 e. The summed E-state index contributed by atoms with van der Waals surface area (Å²) in [5.41, 5.74) is 6.92. The lowest BCUT2D eigenvalue weighted by molar-refractivity contribution is 1.20. The van der Waals surface area contributed by atoms with E-state index in [0.29, 0.717) is 0 Å². The Morgan fingerprint density at radius 2 is 1.50 bits per heavy atom. The lowest BCUT2D eigenvalue weighted by Crippen LogP contribution is -1.92. The zero-order valence-electron chi connectivity index (χ0n) is 13.0. The van der Waals surface area contributed by atoms with E-state index in [2.05, 4.69) is 78.7 Å². The molecule has 0 aliphatic heterocycles. The molecular weight excluding hydrogens is 266 g/mol. The minimum atomic E-state index is 1.03. The van der Waals surface area contributed by atoms with E-state index < -0.39 is 0 Å². The summed E-state index contributed by atoms with van der Waals surface area (Å²) in [5.74, 6) is 0. The summed E-state index contributed by atoms with van der Waals surface area (Å²) in [6.07, 6.45) is 4.32. The highest BCUT2D eigenvalue weighted by Gasteiger charge is 2.07. The third kappa shape index (κ3) is 3.15. The van der Waals surface area contributed by atoms with E-state index in [-0.39, 0.29) is 0 Å². The van der Waals surface area contributed by atoms with Gasteiger partial charge in [0.2, 0.25) is 0 Å². The van der Waals surface area contributed by atoms with Crippen LogP contribution in [0.15, 0.2) is 66.7 Å². The average molecular weight is 285 g/mol. The Kier molecular flexibility index (Phi) is 4.15. The first-order chi connectivity index (χ1) is 10.7. The molecule has 0 saturated carbocycles. The Balaban J connectivity index is 2.06. The summed E-state index contributed by atoms with van der Waals surface area (Å²) in [6, 6.07) is 22.9. The maximum Gasteiger partial charge on any atom is 0.0713 e. The number of pyridine rings is 1. The molecule has 0 amide bonds. The maximum absolute atomic E-state index is 4.69. The summed E-state index contributed by atoms with van der Waals surface area (Å²) >= 11 is 0. The van der Waals surface area contributed by atoms with Crippen molar-refractivity contribution in [2.75, 3.05) is 0 Å². The topological polar surface area (TPSA) is 12.9 Å². The molecule has 1 heterocycles. The molecular formula is C21H19N. The Morgan fingerprint density at radius 1 is 0.727 bits per heavy atom. The van der Waals surface area contributed by atoms with Crippen LogP contribution in [0.5, 0.6) is 0 Å². The second-order valence-electron chi connectivity index (χ2n) is 5.45. The third-order valence-electron chi connectivity index (χ3n) is 3.70. The van der Waals surface area contributed by atoms with Gasteiger partial charge in [0.25, 0.3) is 0 Å². The molecule has 108 valence electrons. The fourth-order valence-corrected chi connectivity index (χ4v) is 2.61. The molecule has 0 radical (unpaired) electrons. The zero-order valence-corrected chi connectivity index (χ0v) is 13.0. The molecule has 1 nitrogen and oxygen atoms in total. The van der Waals surface area contributed by atoms with Crippen molar-refractivity contribution in [3.63, 3.8) is 0 Å². The number of nitrogens with zero attached hydrogens (tertiary/aromatic N) is 1. The highest BCUT2D eigenvalue weighted by molar-refractivity contribution is 5.81. The van der Waals surface area contributed by atoms with Crippen LogP contribution in [0.1, 0.15) is 22.4 Å². The van der Waals surface area contributed by atoms with Gasteiger partial charge in [-0.2, -0.15) is 0 Å². The summed E-state index contributed by atoms with van der Waals surface area (Å²) in [5, 5.41) is 0. The van der Waals surface area contributed by atoms with E-state index in [0.717, 1.165) is 11.4 Å². The number of hydrogen-bond acceptors (Lipinski definition) is 1. The van der Waals surface area contributed by atoms with Gasteiger partial charge in [0, 0.05) is 11.3 Å². The van der Waals surface area contributed by atoms with E-state index in [1.54, 1.807) is 0 Å². The van der Waals surface area contributed by atoms with Crippen molar-refractivity contribution in [2.24, 2.45) is 0 Å². The van der Waals surface area contributed by atoms with Gasteiger partial charge >= 0.3 is 0 Å². The van der Waals surface area contributed by atoms with Gasteiger partial charge in [-0.25, -0.2) is 0 Å². The SMILES string of the molecule is Cc1cccc(-c2c(C)cccc2C=Cc2ccccc2)n1. The van der Waals surface area contributed by atoms with Gasteiger partial charge in [-0.15, -0.1) is 0 Å². The molecule has 0 saturated heterocycles. The quantitative estimate of drug-likeness (QED) is 0.576. The van der Waals surface area contributed by atoms with E-state index in [1.165, 1.54) is 22.3 Å². The lowest BCUT2D eigenvalue weighted by atomic mass is 9.97. The third-order valence-corrected chi connectivity index (χ3v) is 3.70. The van der Waals surface area contributed by atoms with E-state index in [9.17, 15) is 0 Å². The van der Waals surface area contributed by atoms with E-state index >= 15 is 0 Å². The highest BCUT2D eigenvalue weighted by atomic mass is 14.7. The van der Waals surface area contributed by atoms with Crippen LogP contribution in [0.3, 0.4) is 0 Å². The van der Waals surface area contributed by atoms with Crippen LogP contribution in [-0.2, 0) is 0 Å². The van der Waals surface area contributed by atoms with Crippen LogP contribution in [0.4, 0.5) is 0 Å². The highest BCUT2D eigenvalue weighted by Crippen LogP contribution is 2.27. The van der Waals surface area contributed by atoms with Crippen molar-refractivity contribution in [2.45, 2.75) is 13.8 Å². The molecule has 22 heavy (non-hydrogen) atoms. The van der Waals surface area contributed by atoms with Crippen molar-refractivity contribution < 1.29 is 0 Å². The second-order valence-corrected chi connectivity index (χ2v) is 5.45. The standard InChI is InChI=1S/C21H19N/c1-16-8-6-12-19(15-14-18-10-4-3-5-11-18)21(16)20-13-7-9-17(2)22-20/h3-15H,1-2H3. The Labute approximate surface area is 132 Å². The fraction of sp³-hybridized carbons (Fsp3) is 0.0952. The van der Waals surface area contributed by atoms with E-state index in [4.69, 9.17) is 0 Å². The molecule has 0 spiro atoms. The summed E-state index contributed by atoms with van der Waals surface area (Å²) in [4.78, 5) is 4.69. The van der Waals surface area contributed by atoms with Crippen LogP contribution < -0.4 is 0 Å². The largest absolute Gasteiger partial charge is 0.253 e. The second kappa shape index (κ2) is 6.40. The number of aryl methyl sites for hydroxylation is 2. The molecule has 1 aromatic heterocycles. The van der Waals surface area contributed by atoms with Crippen LogP contribution in [0.25, 0.3) is 23.4 Å². The predicted molar refractivity (Wildman–Crippen MR) is 94.5 cm³/mol. The average Bonchev–Trinajstić information content (AvgIpc) is 2.54. The van der Waals surface area contributed by atoms with Gasteiger partial charge in [-0.3, -0.25) is 4.98 Å². The minimum absolute atomic E-state index is 1.03. The summed E-state index contributed by atoms with van der Waals surface area (Å²) in [7, 11) is 0. The smallest absolute Gasteiger partial charge is 0.0713 e. The van der Waals surface area contributed by atoms with Gasteiger partial charge in [-0.05, 0) is 42.7 Å². The maximum atomic E-state index is 4.69. The van der Waals surface area contributed by atoms with Gasteiger partial charge in [0.1, 0.15) is 0 Å². The first-order valence-corrected chi connectivity index (χ1v) is 7.51. The van der Waals surface area contributed by atoms with Crippen LogP contribution >= 0.6 is 0 Å². The van der Waals surface area contributed by atoms with Gasteiger partial charge < -0.3 is 0 Å². The number of benzene rings is 2. The van der Waals surface area contributed by atoms with Crippen LogP contribution in [0, 0.1) is 13.8 Å². The Morgan fingerprint density at radius 3 is 2.27 bits per heavy atom. The van der Waals surface area contributed by atoms with Crippen LogP contribution in [-0.4, -0.2) is 4.98 Å². The van der Waals surface area contributed by atoms with Crippen molar-refractivity contribution in [3.05, 3.63) is 89.1 Å². The van der Waals surface area contributed by atoms with Gasteiger partial charge in [-0.1, -0.05) is 66.7 Å². The normalized spacial score (nSPS) is 11.0. The van der Waals surface area contributed by atoms with Crippen molar-refractivity contribution in [3.8, 4) is 11.3 Å². The monoisotopic (exact) mass is 285 g/mol. The molecule has 0 atom stereocenters. The molecule has 0 aliphatic rings. The molecule has 1 heteroatoms. The van der Waals surface area contributed by atoms with Crippen molar-refractivity contribution in [1.82, 2.24) is 4.98 Å². The van der Waals surface area contributed by atoms with Crippen molar-refractivity contribution in [1.29, 1.82) is 0 Å². The Bertz CT molecular complexity index is 801. The number of aromatic nitrogens is 1. The Hall–Kier alpha value is -2.67. The molecule has 0 fully saturated rings. The molecule has 0 bridgehead atoms. The molecule has 2 aromatic carbocycles. The number of rotatable bonds is 3. The van der Waals surface area contributed by atoms with Gasteiger partial charge in [0.05, 0.1) is 5.69 Å². The van der Waals surface area contributed by atoms with Crippen LogP contribution in [0.2, 0.25) is 0 Å². The predicted octanol–water partition coefficient (Wildman–Crippen LogP) is 5.54. The first-order valence-electron chi connectivity index (χ1n) is 7.51. The molecule has 0 unspecified atom stereocenters. The van der Waals surface area contributed by atoms with Gasteiger partial charge in [0.15, 0.2) is 0 Å². The lowest BCUT2D eigenvalue weighted by Gasteiger charge is -2.10. The van der Waals surface area contributed by atoms with Crippen molar-refractivity contribution >= 4 is 12.2 Å². The zero-order chi connectivity index (χ0) is 15.4. The molecule has 3 aromatic rings. The number of hydrogen-bond donors (Lipinski definition) is 0. The molecule has 0 N–H and O–H groups in total. The first kappa shape index (κ1) is 14.3. The molecule has 0 aliphatic carbocycles.